The number of oxazole rings is 1. The maximum Gasteiger partial charge on any atom is 0.387 e. The lowest BCUT2D eigenvalue weighted by Gasteiger charge is -2.18. The number of ether oxygens (including phenoxy) is 2. The van der Waals surface area contributed by atoms with Gasteiger partial charge in [0.05, 0.1) is 12.6 Å². The number of rotatable bonds is 9. The maximum atomic E-state index is 13.3. The largest absolute Gasteiger partial charge is 0.489 e. The van der Waals surface area contributed by atoms with Crippen molar-refractivity contribution in [3.8, 4) is 23.0 Å². The molecule has 2 atom stereocenters. The van der Waals surface area contributed by atoms with Crippen LogP contribution in [0.1, 0.15) is 48.5 Å². The van der Waals surface area contributed by atoms with Gasteiger partial charge in [-0.15, -0.1) is 12.4 Å². The van der Waals surface area contributed by atoms with Crippen molar-refractivity contribution in [1.29, 1.82) is 0 Å². The van der Waals surface area contributed by atoms with Crippen molar-refractivity contribution in [2.45, 2.75) is 44.9 Å². The number of likely N-dealkylation sites (tertiary alicyclic amines) is 1. The van der Waals surface area contributed by atoms with E-state index in [0.717, 1.165) is 12.8 Å². The highest BCUT2D eigenvalue weighted by Crippen LogP contribution is 2.37. The van der Waals surface area contributed by atoms with E-state index in [4.69, 9.17) is 14.9 Å². The van der Waals surface area contributed by atoms with Crippen LogP contribution in [0.15, 0.2) is 22.6 Å². The summed E-state index contributed by atoms with van der Waals surface area (Å²) in [5, 5.41) is 2.88. The normalized spacial score (nSPS) is 17.8. The van der Waals surface area contributed by atoms with Gasteiger partial charge in [-0.05, 0) is 50.3 Å². The summed E-state index contributed by atoms with van der Waals surface area (Å²) in [4.78, 5) is 32.7. The Morgan fingerprint density at radius 2 is 2.00 bits per heavy atom. The van der Waals surface area contributed by atoms with E-state index in [1.54, 1.807) is 25.9 Å². The number of nitrogens with one attached hydrogen (secondary N) is 1. The van der Waals surface area contributed by atoms with Crippen LogP contribution in [-0.2, 0) is 0 Å². The zero-order valence-electron chi connectivity index (χ0n) is 20.9. The second-order valence-corrected chi connectivity index (χ2v) is 9.40. The zero-order chi connectivity index (χ0) is 26.0. The molecule has 37 heavy (non-hydrogen) atoms. The van der Waals surface area contributed by atoms with Crippen molar-refractivity contribution in [2.75, 3.05) is 33.8 Å². The zero-order valence-corrected chi connectivity index (χ0v) is 21.7. The summed E-state index contributed by atoms with van der Waals surface area (Å²) in [5.41, 5.74) is 6.58. The van der Waals surface area contributed by atoms with Crippen LogP contribution < -0.4 is 20.5 Å². The molecule has 0 radical (unpaired) electrons. The third-order valence-corrected chi connectivity index (χ3v) is 6.06. The number of amides is 3. The minimum absolute atomic E-state index is 0. The molecular formula is C24H32ClF2N5O5. The van der Waals surface area contributed by atoms with Crippen molar-refractivity contribution in [2.24, 2.45) is 11.7 Å². The Labute approximate surface area is 219 Å². The molecule has 1 saturated carbocycles. The maximum absolute atomic E-state index is 13.3. The van der Waals surface area contributed by atoms with Crippen molar-refractivity contribution < 1.29 is 32.3 Å². The average molecular weight is 544 g/mol. The summed E-state index contributed by atoms with van der Waals surface area (Å²) in [6.07, 6.45) is 2.67. The fourth-order valence-electron chi connectivity index (χ4n) is 3.87. The van der Waals surface area contributed by atoms with E-state index in [1.165, 1.54) is 23.1 Å². The van der Waals surface area contributed by atoms with E-state index < -0.39 is 12.7 Å². The van der Waals surface area contributed by atoms with Gasteiger partial charge in [0.15, 0.2) is 23.0 Å². The summed E-state index contributed by atoms with van der Waals surface area (Å²) >= 11 is 0. The molecule has 10 nitrogen and oxygen atoms in total. The van der Waals surface area contributed by atoms with Gasteiger partial charge in [-0.1, -0.05) is 0 Å². The summed E-state index contributed by atoms with van der Waals surface area (Å²) in [7, 11) is 3.29. The number of halogens is 3. The van der Waals surface area contributed by atoms with Crippen molar-refractivity contribution in [3.05, 3.63) is 29.7 Å². The molecule has 2 fully saturated rings. The number of aromatic nitrogens is 1. The molecule has 1 saturated heterocycles. The van der Waals surface area contributed by atoms with Crippen LogP contribution in [0.2, 0.25) is 0 Å². The van der Waals surface area contributed by atoms with Crippen LogP contribution >= 0.6 is 12.4 Å². The highest BCUT2D eigenvalue weighted by molar-refractivity contribution is 5.94. The number of nitrogens with two attached hydrogens (primary N) is 1. The molecule has 2 aromatic rings. The molecule has 13 heteroatoms. The van der Waals surface area contributed by atoms with Crippen LogP contribution in [-0.4, -0.2) is 73.2 Å². The van der Waals surface area contributed by atoms with E-state index in [0.29, 0.717) is 37.6 Å². The molecule has 0 spiro atoms. The quantitative estimate of drug-likeness (QED) is 0.495. The van der Waals surface area contributed by atoms with E-state index in [2.05, 4.69) is 15.0 Å². The molecule has 1 aromatic carbocycles. The van der Waals surface area contributed by atoms with E-state index in [9.17, 15) is 18.4 Å². The fourth-order valence-corrected chi connectivity index (χ4v) is 3.87. The highest BCUT2D eigenvalue weighted by atomic mass is 35.5. The van der Waals surface area contributed by atoms with Crippen LogP contribution in [0.3, 0.4) is 0 Å². The first kappa shape index (κ1) is 28.5. The minimum atomic E-state index is -3.00. The Balaban J connectivity index is 0.00000380. The molecule has 4 rings (SSSR count). The molecule has 1 aromatic heterocycles. The van der Waals surface area contributed by atoms with Gasteiger partial charge in [-0.3, -0.25) is 4.79 Å². The van der Waals surface area contributed by atoms with Crippen LogP contribution in [0.5, 0.6) is 11.5 Å². The summed E-state index contributed by atoms with van der Waals surface area (Å²) in [6, 6.07) is 3.35. The van der Waals surface area contributed by atoms with Crippen molar-refractivity contribution in [3.63, 3.8) is 0 Å². The van der Waals surface area contributed by atoms with Gasteiger partial charge in [-0.25, -0.2) is 9.78 Å². The number of alkyl halides is 2. The van der Waals surface area contributed by atoms with E-state index in [1.807, 2.05) is 0 Å². The lowest BCUT2D eigenvalue weighted by atomic mass is 10.2. The van der Waals surface area contributed by atoms with Crippen molar-refractivity contribution >= 4 is 24.3 Å². The minimum Gasteiger partial charge on any atom is -0.489 e. The van der Waals surface area contributed by atoms with Gasteiger partial charge in [0.2, 0.25) is 5.89 Å². The Morgan fingerprint density at radius 1 is 1.27 bits per heavy atom. The number of benzene rings is 1. The highest BCUT2D eigenvalue weighted by Gasteiger charge is 2.33. The number of carbonyl (C=O) groups is 2. The average Bonchev–Trinajstić information content (AvgIpc) is 3.35. The fraction of sp³-hybridized carbons (Fsp3) is 0.542. The Bertz CT molecular complexity index is 1110. The van der Waals surface area contributed by atoms with Crippen molar-refractivity contribution in [1.82, 2.24) is 20.1 Å². The SMILES string of the molecule is C[C@H](N)c1oc(-c2ccc(OC(F)F)c(OCC3CC3)c2)nc1C(=O)N1CC[C@@H](NC(=O)N(C)C)C1.Cl. The van der Waals surface area contributed by atoms with Gasteiger partial charge < -0.3 is 34.7 Å². The van der Waals surface area contributed by atoms with Gasteiger partial charge >= 0.3 is 12.6 Å². The van der Waals surface area contributed by atoms with Crippen LogP contribution in [0.4, 0.5) is 13.6 Å². The first-order valence-corrected chi connectivity index (χ1v) is 11.9. The van der Waals surface area contributed by atoms with Crippen LogP contribution in [0, 0.1) is 5.92 Å². The number of nitrogens with zero attached hydrogens (tertiary/aromatic N) is 3. The molecule has 0 bridgehead atoms. The molecule has 0 unspecified atom stereocenters. The number of carbonyl (C=O) groups excluding carboxylic acids is 2. The number of hydrogen-bond acceptors (Lipinski definition) is 7. The Morgan fingerprint density at radius 3 is 2.62 bits per heavy atom. The number of urea groups is 1. The lowest BCUT2D eigenvalue weighted by molar-refractivity contribution is -0.0515. The summed E-state index contributed by atoms with van der Waals surface area (Å²) < 4.78 is 41.9. The van der Waals surface area contributed by atoms with Crippen LogP contribution in [0.25, 0.3) is 11.5 Å². The molecule has 2 heterocycles. The predicted molar refractivity (Wildman–Crippen MR) is 133 cm³/mol. The summed E-state index contributed by atoms with van der Waals surface area (Å²) in [5.74, 6) is 0.420. The Hall–Kier alpha value is -3.12. The van der Waals surface area contributed by atoms with E-state index in [-0.39, 0.29) is 59.2 Å². The smallest absolute Gasteiger partial charge is 0.387 e. The van der Waals surface area contributed by atoms with Gasteiger partial charge in [0.25, 0.3) is 5.91 Å². The first-order valence-electron chi connectivity index (χ1n) is 11.9. The van der Waals surface area contributed by atoms with E-state index >= 15 is 0 Å². The third-order valence-electron chi connectivity index (χ3n) is 6.06. The molecule has 2 aliphatic rings. The van der Waals surface area contributed by atoms with Gasteiger partial charge in [-0.2, -0.15) is 8.78 Å². The second kappa shape index (κ2) is 12.0. The van der Waals surface area contributed by atoms with Gasteiger partial charge in [0, 0.05) is 38.8 Å². The molecular weight excluding hydrogens is 512 g/mol. The molecule has 3 amide bonds. The molecule has 1 aliphatic carbocycles. The topological polar surface area (TPSA) is 123 Å². The second-order valence-electron chi connectivity index (χ2n) is 9.40. The standard InChI is InChI=1S/C24H31F2N5O5.ClH/c1-13(27)20-19(22(32)31-9-8-16(11-31)28-24(33)30(2)3)29-21(36-20)15-6-7-17(35-23(25)26)18(10-15)34-12-14-4-5-14;/h6-7,10,13-14,16,23H,4-5,8-9,11-12,27H2,1-3H3,(H,28,33);1H/t13-,16+;/m0./s1. The molecule has 1 aliphatic heterocycles. The third kappa shape index (κ3) is 7.01. The number of hydrogen-bond donors (Lipinski definition) is 2. The Kier molecular flexibility index (Phi) is 9.19. The monoisotopic (exact) mass is 543 g/mol. The molecule has 204 valence electrons. The predicted octanol–water partition coefficient (Wildman–Crippen LogP) is 3.66. The molecule has 3 N–H and O–H groups in total. The lowest BCUT2D eigenvalue weighted by Crippen LogP contribution is -2.43. The van der Waals surface area contributed by atoms with Gasteiger partial charge in [0.1, 0.15) is 0 Å². The summed E-state index contributed by atoms with van der Waals surface area (Å²) in [6.45, 7) is -0.158. The first-order chi connectivity index (χ1) is 17.1.